The van der Waals surface area contributed by atoms with E-state index in [1.54, 1.807) is 6.92 Å². The summed E-state index contributed by atoms with van der Waals surface area (Å²) in [7, 11) is -2.79. The van der Waals surface area contributed by atoms with Crippen molar-refractivity contribution in [2.45, 2.75) is 46.2 Å². The minimum atomic E-state index is -4.08. The summed E-state index contributed by atoms with van der Waals surface area (Å²) in [5.41, 5.74) is 1.28. The third kappa shape index (κ3) is 7.91. The first kappa shape index (κ1) is 29.6. The van der Waals surface area contributed by atoms with Gasteiger partial charge in [0, 0.05) is 25.2 Å². The van der Waals surface area contributed by atoms with Crippen LogP contribution in [0.5, 0.6) is 5.75 Å². The molecule has 1 atom stereocenters. The molecule has 0 saturated carbocycles. The number of aryl methyl sites for hydroxylation is 1. The van der Waals surface area contributed by atoms with Gasteiger partial charge in [0.25, 0.3) is 5.69 Å². The van der Waals surface area contributed by atoms with E-state index in [0.29, 0.717) is 19.4 Å². The Labute approximate surface area is 217 Å². The van der Waals surface area contributed by atoms with E-state index in [9.17, 15) is 28.1 Å². The zero-order valence-corrected chi connectivity index (χ0v) is 22.6. The van der Waals surface area contributed by atoms with E-state index in [1.165, 1.54) is 24.1 Å². The molecule has 0 spiro atoms. The first-order valence-corrected chi connectivity index (χ1v) is 13.7. The predicted octanol–water partition coefficient (Wildman–Crippen LogP) is 3.01. The van der Waals surface area contributed by atoms with Gasteiger partial charge in [-0.3, -0.25) is 24.0 Å². The van der Waals surface area contributed by atoms with Gasteiger partial charge in [0.1, 0.15) is 24.0 Å². The lowest BCUT2D eigenvalue weighted by atomic mass is 10.1. The van der Waals surface area contributed by atoms with Crippen molar-refractivity contribution in [3.05, 3.63) is 63.7 Å². The number of ether oxygens (including phenoxy) is 1. The van der Waals surface area contributed by atoms with Crippen LogP contribution in [0.2, 0.25) is 0 Å². The van der Waals surface area contributed by atoms with Gasteiger partial charge >= 0.3 is 0 Å². The van der Waals surface area contributed by atoms with Crippen molar-refractivity contribution in [1.82, 2.24) is 10.2 Å². The molecule has 2 rings (SSSR count). The molecule has 12 heteroatoms. The number of nitrogens with zero attached hydrogens (tertiary/aromatic N) is 3. The second-order valence-corrected chi connectivity index (χ2v) is 10.5. The summed E-state index contributed by atoms with van der Waals surface area (Å²) < 4.78 is 31.6. The van der Waals surface area contributed by atoms with Gasteiger partial charge < -0.3 is 15.0 Å². The number of carbonyl (C=O) groups is 2. The lowest BCUT2D eigenvalue weighted by molar-refractivity contribution is -0.384. The van der Waals surface area contributed by atoms with Gasteiger partial charge in [0.2, 0.25) is 21.8 Å². The molecule has 0 heterocycles. The molecule has 37 heavy (non-hydrogen) atoms. The molecule has 11 nitrogen and oxygen atoms in total. The molecule has 0 aliphatic rings. The first-order chi connectivity index (χ1) is 17.4. The number of nitro groups is 1. The van der Waals surface area contributed by atoms with Crippen molar-refractivity contribution in [3.8, 4) is 5.75 Å². The number of benzene rings is 2. The van der Waals surface area contributed by atoms with Crippen LogP contribution in [0.4, 0.5) is 11.4 Å². The number of hydrogen-bond acceptors (Lipinski definition) is 7. The molecule has 2 aromatic rings. The van der Waals surface area contributed by atoms with Crippen LogP contribution in [0.3, 0.4) is 0 Å². The van der Waals surface area contributed by atoms with Gasteiger partial charge in [0.05, 0.1) is 18.3 Å². The second-order valence-electron chi connectivity index (χ2n) is 8.61. The fourth-order valence-electron chi connectivity index (χ4n) is 3.76. The number of amides is 2. The maximum absolute atomic E-state index is 13.7. The Morgan fingerprint density at radius 3 is 2.30 bits per heavy atom. The number of nitrogens with one attached hydrogen (secondary N) is 1. The summed E-state index contributed by atoms with van der Waals surface area (Å²) in [4.78, 5) is 38.7. The molecule has 0 fully saturated rings. The minimum Gasteiger partial charge on any atom is -0.495 e. The average Bonchev–Trinajstić information content (AvgIpc) is 2.85. The van der Waals surface area contributed by atoms with Crippen LogP contribution >= 0.6 is 0 Å². The quantitative estimate of drug-likeness (QED) is 0.308. The van der Waals surface area contributed by atoms with Crippen LogP contribution in [-0.2, 0) is 26.2 Å². The number of carbonyl (C=O) groups excluding carboxylic acids is 2. The zero-order chi connectivity index (χ0) is 27.8. The van der Waals surface area contributed by atoms with Crippen LogP contribution in [0.25, 0.3) is 0 Å². The van der Waals surface area contributed by atoms with Crippen LogP contribution in [0.1, 0.15) is 37.8 Å². The number of non-ortho nitro benzene ring substituents is 1. The van der Waals surface area contributed by atoms with Crippen molar-refractivity contribution in [1.29, 1.82) is 0 Å². The van der Waals surface area contributed by atoms with Gasteiger partial charge in [-0.05, 0) is 31.4 Å². The maximum atomic E-state index is 13.7. The molecule has 2 amide bonds. The predicted molar refractivity (Wildman–Crippen MR) is 141 cm³/mol. The number of hydrogen-bond donors (Lipinski definition) is 1. The largest absolute Gasteiger partial charge is 0.495 e. The number of methoxy groups -OCH3 is 1. The van der Waals surface area contributed by atoms with Crippen molar-refractivity contribution >= 4 is 33.2 Å². The molecule has 202 valence electrons. The molecule has 0 unspecified atom stereocenters. The van der Waals surface area contributed by atoms with E-state index in [0.717, 1.165) is 27.8 Å². The van der Waals surface area contributed by atoms with Gasteiger partial charge in [0.15, 0.2) is 0 Å². The summed E-state index contributed by atoms with van der Waals surface area (Å²) in [5.74, 6) is -0.941. The second kappa shape index (κ2) is 13.0. The number of rotatable bonds is 13. The van der Waals surface area contributed by atoms with E-state index < -0.39 is 33.4 Å². The smallest absolute Gasteiger partial charge is 0.271 e. The third-order valence-electron chi connectivity index (χ3n) is 5.73. The fraction of sp³-hybridized carbons (Fsp3) is 0.440. The Bertz CT molecular complexity index is 1220. The van der Waals surface area contributed by atoms with Crippen LogP contribution in [-0.4, -0.2) is 62.6 Å². The van der Waals surface area contributed by atoms with E-state index in [1.807, 2.05) is 38.1 Å². The molecule has 0 aromatic heterocycles. The standard InChI is InChI=1S/C25H34N4O7S/c1-6-14-26-25(31)21(7-2)27(16-19-10-8-18(3)9-11-19)24(30)17-28(37(5,34)35)22-15-20(29(32)33)12-13-23(22)36-4/h8-13,15,21H,6-7,14,16-17H2,1-5H3,(H,26,31)/t21-/m0/s1. The third-order valence-corrected chi connectivity index (χ3v) is 6.86. The highest BCUT2D eigenvalue weighted by atomic mass is 32.2. The summed E-state index contributed by atoms with van der Waals surface area (Å²) in [6, 6.07) is 10.1. The van der Waals surface area contributed by atoms with E-state index in [-0.39, 0.29) is 29.6 Å². The lowest BCUT2D eigenvalue weighted by Crippen LogP contribution is -2.52. The molecule has 0 radical (unpaired) electrons. The average molecular weight is 535 g/mol. The molecule has 2 aromatic carbocycles. The molecule has 0 saturated heterocycles. The number of nitro benzene ring substituents is 1. The summed E-state index contributed by atoms with van der Waals surface area (Å²) in [5, 5.41) is 14.2. The van der Waals surface area contributed by atoms with Crippen molar-refractivity contribution in [3.63, 3.8) is 0 Å². The van der Waals surface area contributed by atoms with Crippen molar-refractivity contribution < 1.29 is 27.7 Å². The van der Waals surface area contributed by atoms with E-state index in [2.05, 4.69) is 5.32 Å². The Morgan fingerprint density at radius 2 is 1.78 bits per heavy atom. The lowest BCUT2D eigenvalue weighted by Gasteiger charge is -2.33. The Balaban J connectivity index is 2.54. The Morgan fingerprint density at radius 1 is 1.14 bits per heavy atom. The van der Waals surface area contributed by atoms with Gasteiger partial charge in [-0.2, -0.15) is 0 Å². The van der Waals surface area contributed by atoms with E-state index in [4.69, 9.17) is 4.74 Å². The maximum Gasteiger partial charge on any atom is 0.271 e. The number of sulfonamides is 1. The normalized spacial score (nSPS) is 11.9. The van der Waals surface area contributed by atoms with Crippen LogP contribution in [0, 0.1) is 17.0 Å². The monoisotopic (exact) mass is 534 g/mol. The van der Waals surface area contributed by atoms with Gasteiger partial charge in [-0.1, -0.05) is 43.7 Å². The number of anilines is 1. The molecule has 1 N–H and O–H groups in total. The zero-order valence-electron chi connectivity index (χ0n) is 21.8. The van der Waals surface area contributed by atoms with Crippen molar-refractivity contribution in [2.24, 2.45) is 0 Å². The highest BCUT2D eigenvalue weighted by molar-refractivity contribution is 7.92. The van der Waals surface area contributed by atoms with Gasteiger partial charge in [-0.15, -0.1) is 0 Å². The summed E-state index contributed by atoms with van der Waals surface area (Å²) in [6.07, 6.45) is 1.91. The topological polar surface area (TPSA) is 139 Å². The first-order valence-electron chi connectivity index (χ1n) is 11.9. The molecule has 0 aliphatic heterocycles. The van der Waals surface area contributed by atoms with E-state index >= 15 is 0 Å². The highest BCUT2D eigenvalue weighted by Crippen LogP contribution is 2.34. The Kier molecular flexibility index (Phi) is 10.4. The summed E-state index contributed by atoms with van der Waals surface area (Å²) in [6.45, 7) is 5.43. The van der Waals surface area contributed by atoms with Crippen LogP contribution in [0.15, 0.2) is 42.5 Å². The highest BCUT2D eigenvalue weighted by Gasteiger charge is 2.33. The molecular weight excluding hydrogens is 500 g/mol. The molecule has 0 bridgehead atoms. The SMILES string of the molecule is CCCNC(=O)[C@H](CC)N(Cc1ccc(C)cc1)C(=O)CN(c1cc([N+](=O)[O-])ccc1OC)S(C)(=O)=O. The minimum absolute atomic E-state index is 0.0432. The van der Waals surface area contributed by atoms with Crippen LogP contribution < -0.4 is 14.4 Å². The van der Waals surface area contributed by atoms with Crippen molar-refractivity contribution in [2.75, 3.05) is 30.8 Å². The fourth-order valence-corrected chi connectivity index (χ4v) is 4.60. The van der Waals surface area contributed by atoms with Gasteiger partial charge in [-0.25, -0.2) is 8.42 Å². The summed E-state index contributed by atoms with van der Waals surface area (Å²) >= 11 is 0. The Hall–Kier alpha value is -3.67. The molecular formula is C25H34N4O7S. The molecule has 0 aliphatic carbocycles.